The van der Waals surface area contributed by atoms with E-state index in [1.165, 1.54) is 16.8 Å². The van der Waals surface area contributed by atoms with Gasteiger partial charge in [-0.1, -0.05) is 23.7 Å². The van der Waals surface area contributed by atoms with Gasteiger partial charge in [-0.05, 0) is 54.4 Å². The van der Waals surface area contributed by atoms with Gasteiger partial charge in [0.1, 0.15) is 11.5 Å². The zero-order chi connectivity index (χ0) is 24.8. The molecule has 0 saturated heterocycles. The second-order valence-electron chi connectivity index (χ2n) is 7.58. The summed E-state index contributed by atoms with van der Waals surface area (Å²) < 4.78 is 8.01. The van der Waals surface area contributed by atoms with E-state index in [1.54, 1.807) is 54.6 Å². The van der Waals surface area contributed by atoms with Crippen LogP contribution in [0.4, 0.5) is 11.6 Å². The van der Waals surface area contributed by atoms with Crippen molar-refractivity contribution in [2.24, 2.45) is 0 Å². The van der Waals surface area contributed by atoms with E-state index in [0.29, 0.717) is 22.2 Å². The molecular formula is C24H22ClN5O5. The number of benzene rings is 2. The molecule has 0 aliphatic carbocycles. The Hall–Kier alpha value is -4.15. The molecule has 0 atom stereocenters. The summed E-state index contributed by atoms with van der Waals surface area (Å²) in [5.74, 6) is 0.949. The van der Waals surface area contributed by atoms with Gasteiger partial charge in [-0.25, -0.2) is 14.2 Å². The molecule has 0 bridgehead atoms. The highest BCUT2D eigenvalue weighted by molar-refractivity contribution is 6.30. The lowest BCUT2D eigenvalue weighted by atomic mass is 10.2. The summed E-state index contributed by atoms with van der Waals surface area (Å²) in [7, 11) is 0. The molecule has 4 rings (SSSR count). The van der Waals surface area contributed by atoms with Crippen LogP contribution in [0.3, 0.4) is 0 Å². The molecule has 180 valence electrons. The zero-order valence-corrected chi connectivity index (χ0v) is 19.2. The molecule has 0 spiro atoms. The monoisotopic (exact) mass is 495 g/mol. The molecule has 0 aliphatic rings. The summed E-state index contributed by atoms with van der Waals surface area (Å²) in [6, 6.07) is 16.7. The number of aliphatic hydroxyl groups is 1. The Morgan fingerprint density at radius 3 is 2.40 bits per heavy atom. The van der Waals surface area contributed by atoms with Crippen molar-refractivity contribution >= 4 is 23.2 Å². The molecule has 0 saturated carbocycles. The second-order valence-corrected chi connectivity index (χ2v) is 8.02. The van der Waals surface area contributed by atoms with E-state index in [2.05, 4.69) is 15.3 Å². The summed E-state index contributed by atoms with van der Waals surface area (Å²) in [5.41, 5.74) is -0.195. The fourth-order valence-electron chi connectivity index (χ4n) is 3.32. The van der Waals surface area contributed by atoms with Crippen molar-refractivity contribution in [3.05, 3.63) is 109 Å². The molecule has 0 aliphatic heterocycles. The molecule has 4 aromatic rings. The van der Waals surface area contributed by atoms with Gasteiger partial charge in [0.2, 0.25) is 5.95 Å². The van der Waals surface area contributed by atoms with Gasteiger partial charge in [0.15, 0.2) is 0 Å². The highest BCUT2D eigenvalue weighted by atomic mass is 35.5. The molecule has 0 fully saturated rings. The number of nitrogens with one attached hydrogen (secondary N) is 2. The van der Waals surface area contributed by atoms with Crippen molar-refractivity contribution < 1.29 is 9.84 Å². The quantitative estimate of drug-likeness (QED) is 0.325. The Labute approximate surface area is 204 Å². The molecule has 11 heteroatoms. The van der Waals surface area contributed by atoms with E-state index in [4.69, 9.17) is 21.4 Å². The number of anilines is 2. The van der Waals surface area contributed by atoms with Crippen molar-refractivity contribution in [2.75, 3.05) is 11.9 Å². The number of ether oxygens (including phenoxy) is 1. The lowest BCUT2D eigenvalue weighted by molar-refractivity contribution is 0.276. The Morgan fingerprint density at radius 1 is 0.971 bits per heavy atom. The number of H-pyrrole nitrogens is 1. The van der Waals surface area contributed by atoms with Gasteiger partial charge < -0.3 is 20.1 Å². The number of pyridine rings is 1. The van der Waals surface area contributed by atoms with Gasteiger partial charge in [0.05, 0.1) is 6.54 Å². The van der Waals surface area contributed by atoms with Gasteiger partial charge in [-0.15, -0.1) is 0 Å². The Morgan fingerprint density at radius 2 is 1.71 bits per heavy atom. The third-order valence-corrected chi connectivity index (χ3v) is 5.29. The van der Waals surface area contributed by atoms with E-state index in [1.807, 2.05) is 0 Å². The first kappa shape index (κ1) is 24.0. The number of hydrogen-bond acceptors (Lipinski definition) is 7. The molecule has 0 unspecified atom stereocenters. The normalized spacial score (nSPS) is 10.8. The molecule has 2 aromatic heterocycles. The minimum Gasteiger partial charge on any atom is -0.457 e. The molecule has 35 heavy (non-hydrogen) atoms. The van der Waals surface area contributed by atoms with Crippen LogP contribution in [0.15, 0.2) is 81.2 Å². The van der Waals surface area contributed by atoms with Crippen LogP contribution in [-0.4, -0.2) is 30.8 Å². The highest BCUT2D eigenvalue weighted by Gasteiger charge is 2.14. The average Bonchev–Trinajstić information content (AvgIpc) is 2.84. The first-order valence-electron chi connectivity index (χ1n) is 10.7. The van der Waals surface area contributed by atoms with Crippen molar-refractivity contribution in [3.63, 3.8) is 0 Å². The number of halogens is 1. The first-order valence-corrected chi connectivity index (χ1v) is 11.1. The number of aromatic amines is 1. The maximum Gasteiger partial charge on any atom is 0.354 e. The summed E-state index contributed by atoms with van der Waals surface area (Å²) in [6.45, 7) is 0.0414. The number of aliphatic hydroxyl groups excluding tert-OH is 1. The lowest BCUT2D eigenvalue weighted by Gasteiger charge is -2.16. The summed E-state index contributed by atoms with van der Waals surface area (Å²) in [6.07, 6.45) is 1.74. The SMILES string of the molecule is O=c1cc(Oc2ccc(Nc3nc(=O)n(CCCO)c(=O)n3Cc3ccc(Cl)cc3)cc2)cc[nH]1. The second kappa shape index (κ2) is 10.9. The number of rotatable bonds is 9. The van der Waals surface area contributed by atoms with Gasteiger partial charge in [-0.3, -0.25) is 9.36 Å². The Bertz CT molecular complexity index is 1480. The first-order chi connectivity index (χ1) is 16.9. The Balaban J connectivity index is 1.63. The summed E-state index contributed by atoms with van der Waals surface area (Å²) >= 11 is 5.97. The van der Waals surface area contributed by atoms with Crippen LogP contribution in [0, 0.1) is 0 Å². The predicted molar refractivity (Wildman–Crippen MR) is 132 cm³/mol. The van der Waals surface area contributed by atoms with Crippen LogP contribution < -0.4 is 27.0 Å². The average molecular weight is 496 g/mol. The van der Waals surface area contributed by atoms with Crippen LogP contribution in [0.2, 0.25) is 5.02 Å². The molecule has 2 heterocycles. The van der Waals surface area contributed by atoms with Crippen molar-refractivity contribution in [1.29, 1.82) is 0 Å². The van der Waals surface area contributed by atoms with E-state index >= 15 is 0 Å². The van der Waals surface area contributed by atoms with Gasteiger partial charge in [0.25, 0.3) is 5.56 Å². The molecule has 10 nitrogen and oxygen atoms in total. The summed E-state index contributed by atoms with van der Waals surface area (Å²) in [4.78, 5) is 43.7. The van der Waals surface area contributed by atoms with Crippen molar-refractivity contribution in [2.45, 2.75) is 19.5 Å². The third kappa shape index (κ3) is 6.05. The fourth-order valence-corrected chi connectivity index (χ4v) is 3.45. The van der Waals surface area contributed by atoms with Crippen LogP contribution in [0.25, 0.3) is 0 Å². The fraction of sp³-hybridized carbons (Fsp3) is 0.167. The molecule has 3 N–H and O–H groups in total. The van der Waals surface area contributed by atoms with Crippen LogP contribution in [-0.2, 0) is 13.1 Å². The van der Waals surface area contributed by atoms with E-state index < -0.39 is 11.4 Å². The van der Waals surface area contributed by atoms with Gasteiger partial charge >= 0.3 is 11.4 Å². The predicted octanol–water partition coefficient (Wildman–Crippen LogP) is 2.71. The van der Waals surface area contributed by atoms with Crippen LogP contribution in [0.5, 0.6) is 11.5 Å². The lowest BCUT2D eigenvalue weighted by Crippen LogP contribution is -2.42. The maximum absolute atomic E-state index is 13.2. The highest BCUT2D eigenvalue weighted by Crippen LogP contribution is 2.23. The molecule has 0 radical (unpaired) electrons. The number of nitrogens with zero attached hydrogens (tertiary/aromatic N) is 3. The van der Waals surface area contributed by atoms with Gasteiger partial charge in [0, 0.05) is 36.1 Å². The smallest absolute Gasteiger partial charge is 0.354 e. The number of hydrogen-bond donors (Lipinski definition) is 3. The Kier molecular flexibility index (Phi) is 7.44. The van der Waals surface area contributed by atoms with Crippen molar-refractivity contribution in [1.82, 2.24) is 19.1 Å². The van der Waals surface area contributed by atoms with E-state index in [9.17, 15) is 14.4 Å². The van der Waals surface area contributed by atoms with Crippen LogP contribution in [0.1, 0.15) is 12.0 Å². The topological polar surface area (TPSA) is 131 Å². The molecule has 2 aromatic carbocycles. The van der Waals surface area contributed by atoms with Gasteiger partial charge in [-0.2, -0.15) is 4.98 Å². The number of aromatic nitrogens is 4. The molecular weight excluding hydrogens is 474 g/mol. The van der Waals surface area contributed by atoms with Crippen molar-refractivity contribution in [3.8, 4) is 11.5 Å². The zero-order valence-electron chi connectivity index (χ0n) is 18.5. The largest absolute Gasteiger partial charge is 0.457 e. The van der Waals surface area contributed by atoms with E-state index in [-0.39, 0.29) is 37.6 Å². The van der Waals surface area contributed by atoms with Crippen LogP contribution >= 0.6 is 11.6 Å². The third-order valence-electron chi connectivity index (χ3n) is 5.04. The summed E-state index contributed by atoms with van der Waals surface area (Å²) in [5, 5.41) is 12.7. The van der Waals surface area contributed by atoms with E-state index in [0.717, 1.165) is 10.1 Å². The minimum atomic E-state index is -0.715. The standard InChI is InChI=1S/C24H22ClN5O5/c25-17-4-2-16(3-5-17)15-30-22(28-23(33)29(24(30)34)12-1-13-31)27-18-6-8-19(9-7-18)35-20-10-11-26-21(32)14-20/h2-11,14,31H,1,12-13,15H2,(H,26,32)(H,27,28,33). The minimum absolute atomic E-state index is 0.0520. The molecule has 0 amide bonds. The maximum atomic E-state index is 13.2.